The minimum Gasteiger partial charge on any atom is -0.455 e. The summed E-state index contributed by atoms with van der Waals surface area (Å²) in [6, 6.07) is 14.3. The first-order valence-corrected chi connectivity index (χ1v) is 11.4. The predicted octanol–water partition coefficient (Wildman–Crippen LogP) is 7.54. The quantitative estimate of drug-likeness (QED) is 0.374. The molecule has 0 bridgehead atoms. The van der Waals surface area contributed by atoms with E-state index in [4.69, 9.17) is 4.42 Å². The van der Waals surface area contributed by atoms with E-state index in [2.05, 4.69) is 47.8 Å². The van der Waals surface area contributed by atoms with E-state index >= 15 is 0 Å². The number of nitriles is 1. The van der Waals surface area contributed by atoms with Crippen LogP contribution in [0.15, 0.2) is 50.3 Å². The number of thiophene rings is 1. The third-order valence-electron chi connectivity index (χ3n) is 5.65. The normalized spacial score (nSPS) is 16.7. The molecule has 3 aromatic rings. The Balaban J connectivity index is 1.58. The van der Waals surface area contributed by atoms with Crippen molar-refractivity contribution < 1.29 is 4.42 Å². The lowest BCUT2D eigenvalue weighted by Crippen LogP contribution is -2.26. The first-order valence-electron chi connectivity index (χ1n) is 9.79. The fourth-order valence-electron chi connectivity index (χ4n) is 3.83. The Kier molecular flexibility index (Phi) is 5.50. The van der Waals surface area contributed by atoms with Gasteiger partial charge in [0, 0.05) is 14.9 Å². The lowest BCUT2D eigenvalue weighted by Gasteiger charge is -2.33. The Labute approximate surface area is 184 Å². The molecule has 1 atom stereocenters. The van der Waals surface area contributed by atoms with E-state index in [0.717, 1.165) is 45.6 Å². The van der Waals surface area contributed by atoms with Crippen LogP contribution in [0.3, 0.4) is 0 Å². The largest absolute Gasteiger partial charge is 0.455 e. The number of hydrogen-bond donors (Lipinski definition) is 0. The number of halogens is 1. The van der Waals surface area contributed by atoms with Gasteiger partial charge in [-0.05, 0) is 60.4 Å². The van der Waals surface area contributed by atoms with Crippen molar-refractivity contribution in [1.29, 1.82) is 5.26 Å². The summed E-state index contributed by atoms with van der Waals surface area (Å²) in [6.45, 7) is 6.92. The second kappa shape index (κ2) is 7.93. The molecule has 2 heterocycles. The molecule has 4 rings (SSSR count). The summed E-state index contributed by atoms with van der Waals surface area (Å²) in [5.74, 6) is 2.14. The van der Waals surface area contributed by atoms with Crippen LogP contribution < -0.4 is 0 Å². The average molecular weight is 467 g/mol. The molecular weight excluding hydrogens is 444 g/mol. The number of aliphatic imine (C=N–C) groups is 1. The first-order chi connectivity index (χ1) is 13.8. The van der Waals surface area contributed by atoms with Crippen LogP contribution >= 0.6 is 27.3 Å². The smallest absolute Gasteiger partial charge is 0.145 e. The molecule has 1 aromatic carbocycles. The topological polar surface area (TPSA) is 49.3 Å². The predicted molar refractivity (Wildman–Crippen MR) is 123 cm³/mol. The van der Waals surface area contributed by atoms with Crippen molar-refractivity contribution in [1.82, 2.24) is 0 Å². The van der Waals surface area contributed by atoms with Gasteiger partial charge >= 0.3 is 0 Å². The van der Waals surface area contributed by atoms with Crippen molar-refractivity contribution >= 4 is 38.5 Å². The molecule has 0 aliphatic heterocycles. The SMILES string of the molecule is CC(C)(C)[C@@H]1CCc2c(sc(N=Cc3ccc(-c4ccc(Br)cc4)o3)c2C#N)C1. The molecule has 3 nitrogen and oxygen atoms in total. The lowest BCUT2D eigenvalue weighted by molar-refractivity contribution is 0.218. The molecule has 0 saturated heterocycles. The van der Waals surface area contributed by atoms with Crippen molar-refractivity contribution in [2.45, 2.75) is 40.0 Å². The standard InChI is InChI=1S/C24H23BrN2OS/c1-24(2,3)16-6-10-19-20(13-26)23(29-22(19)12-16)27-14-18-9-11-21(28-18)15-4-7-17(25)8-5-15/h4-5,7-9,11,14,16H,6,10,12H2,1-3H3/t16-/m1/s1. The molecule has 1 aliphatic rings. The summed E-state index contributed by atoms with van der Waals surface area (Å²) >= 11 is 5.11. The minimum absolute atomic E-state index is 0.287. The van der Waals surface area contributed by atoms with Gasteiger partial charge in [-0.25, -0.2) is 4.99 Å². The highest BCUT2D eigenvalue weighted by Gasteiger charge is 2.32. The van der Waals surface area contributed by atoms with Crippen LogP contribution in [0.1, 0.15) is 49.0 Å². The van der Waals surface area contributed by atoms with Crippen LogP contribution in [0.2, 0.25) is 0 Å². The van der Waals surface area contributed by atoms with Gasteiger partial charge < -0.3 is 4.42 Å². The van der Waals surface area contributed by atoms with Crippen LogP contribution in [0, 0.1) is 22.7 Å². The fourth-order valence-corrected chi connectivity index (χ4v) is 5.32. The number of benzene rings is 1. The molecule has 0 unspecified atom stereocenters. The molecule has 0 spiro atoms. The van der Waals surface area contributed by atoms with Crippen molar-refractivity contribution in [3.8, 4) is 17.4 Å². The highest BCUT2D eigenvalue weighted by atomic mass is 79.9. The summed E-state index contributed by atoms with van der Waals surface area (Å²) < 4.78 is 6.96. The Bertz CT molecular complexity index is 1090. The number of furan rings is 1. The molecule has 5 heteroatoms. The maximum Gasteiger partial charge on any atom is 0.145 e. The zero-order valence-corrected chi connectivity index (χ0v) is 19.2. The first kappa shape index (κ1) is 20.1. The van der Waals surface area contributed by atoms with Crippen molar-refractivity contribution in [2.75, 3.05) is 0 Å². The van der Waals surface area contributed by atoms with Crippen LogP contribution in [0.4, 0.5) is 5.00 Å². The second-order valence-electron chi connectivity index (χ2n) is 8.57. The molecule has 148 valence electrons. The van der Waals surface area contributed by atoms with E-state index in [-0.39, 0.29) is 5.41 Å². The Morgan fingerprint density at radius 3 is 2.66 bits per heavy atom. The monoisotopic (exact) mass is 466 g/mol. The number of hydrogen-bond acceptors (Lipinski definition) is 4. The van der Waals surface area contributed by atoms with Gasteiger partial charge in [-0.2, -0.15) is 5.26 Å². The van der Waals surface area contributed by atoms with Gasteiger partial charge in [-0.1, -0.05) is 48.8 Å². The summed E-state index contributed by atoms with van der Waals surface area (Å²) in [5, 5.41) is 10.5. The molecule has 0 radical (unpaired) electrons. The van der Waals surface area contributed by atoms with Crippen molar-refractivity contribution in [2.24, 2.45) is 16.3 Å². The van der Waals surface area contributed by atoms with E-state index in [1.165, 1.54) is 10.4 Å². The summed E-state index contributed by atoms with van der Waals surface area (Å²) in [5.41, 5.74) is 3.26. The fraction of sp³-hybridized carbons (Fsp3) is 0.333. The molecule has 1 aliphatic carbocycles. The zero-order chi connectivity index (χ0) is 20.6. The van der Waals surface area contributed by atoms with E-state index in [9.17, 15) is 5.26 Å². The van der Waals surface area contributed by atoms with Crippen LogP contribution in [-0.2, 0) is 12.8 Å². The number of fused-ring (bicyclic) bond motifs is 1. The van der Waals surface area contributed by atoms with E-state index in [1.807, 2.05) is 36.4 Å². The van der Waals surface area contributed by atoms with Crippen LogP contribution in [0.25, 0.3) is 11.3 Å². The molecule has 2 aromatic heterocycles. The molecule has 0 saturated carbocycles. The zero-order valence-electron chi connectivity index (χ0n) is 16.8. The highest BCUT2D eigenvalue weighted by Crippen LogP contribution is 2.44. The van der Waals surface area contributed by atoms with Gasteiger partial charge in [0.15, 0.2) is 0 Å². The molecule has 0 amide bonds. The summed E-state index contributed by atoms with van der Waals surface area (Å²) in [4.78, 5) is 5.96. The molecular formula is C24H23BrN2OS. The molecule has 0 fully saturated rings. The molecule has 29 heavy (non-hydrogen) atoms. The van der Waals surface area contributed by atoms with Crippen LogP contribution in [-0.4, -0.2) is 6.21 Å². The number of rotatable bonds is 3. The maximum absolute atomic E-state index is 9.72. The average Bonchev–Trinajstić information content (AvgIpc) is 3.29. The van der Waals surface area contributed by atoms with Gasteiger partial charge in [-0.3, -0.25) is 0 Å². The van der Waals surface area contributed by atoms with Crippen LogP contribution in [0.5, 0.6) is 0 Å². The summed E-state index contributed by atoms with van der Waals surface area (Å²) in [7, 11) is 0. The van der Waals surface area contributed by atoms with Gasteiger partial charge in [0.05, 0.1) is 11.8 Å². The van der Waals surface area contributed by atoms with Gasteiger partial charge in [0.1, 0.15) is 22.6 Å². The van der Waals surface area contributed by atoms with Gasteiger partial charge in [0.25, 0.3) is 0 Å². The Morgan fingerprint density at radius 1 is 1.21 bits per heavy atom. The van der Waals surface area contributed by atoms with Gasteiger partial charge in [-0.15, -0.1) is 11.3 Å². The minimum atomic E-state index is 0.287. The Morgan fingerprint density at radius 2 is 1.97 bits per heavy atom. The van der Waals surface area contributed by atoms with Gasteiger partial charge in [0.2, 0.25) is 0 Å². The summed E-state index contributed by atoms with van der Waals surface area (Å²) in [6.07, 6.45) is 4.88. The number of nitrogens with zero attached hydrogens (tertiary/aromatic N) is 2. The third-order valence-corrected chi connectivity index (χ3v) is 7.34. The lowest BCUT2D eigenvalue weighted by atomic mass is 9.72. The highest BCUT2D eigenvalue weighted by molar-refractivity contribution is 9.10. The Hall–Kier alpha value is -2.16. The van der Waals surface area contributed by atoms with E-state index in [0.29, 0.717) is 11.7 Å². The molecule has 0 N–H and O–H groups in total. The van der Waals surface area contributed by atoms with E-state index in [1.54, 1.807) is 17.6 Å². The van der Waals surface area contributed by atoms with E-state index < -0.39 is 0 Å². The van der Waals surface area contributed by atoms with Crippen molar-refractivity contribution in [3.63, 3.8) is 0 Å². The maximum atomic E-state index is 9.72. The second-order valence-corrected chi connectivity index (χ2v) is 10.6. The van der Waals surface area contributed by atoms with Crippen molar-refractivity contribution in [3.05, 3.63) is 62.6 Å². The third kappa shape index (κ3) is 4.24.